The molecule has 1 atom stereocenters. The average molecular weight is 298 g/mol. The van der Waals surface area contributed by atoms with Gasteiger partial charge in [0.1, 0.15) is 11.6 Å². The molecule has 2 heterocycles. The van der Waals surface area contributed by atoms with E-state index in [4.69, 9.17) is 0 Å². The minimum atomic E-state index is -0.230. The molecule has 3 aromatic rings. The number of benzene rings is 2. The number of halogens is 2. The third kappa shape index (κ3) is 1.87. The van der Waals surface area contributed by atoms with Crippen LogP contribution in [0.15, 0.2) is 42.5 Å². The van der Waals surface area contributed by atoms with Gasteiger partial charge in [-0.1, -0.05) is 24.3 Å². The minimum Gasteiger partial charge on any atom is -0.356 e. The second-order valence-electron chi connectivity index (χ2n) is 5.83. The summed E-state index contributed by atoms with van der Waals surface area (Å²) in [6.07, 6.45) is 0.762. The van der Waals surface area contributed by atoms with Crippen LogP contribution in [0.2, 0.25) is 0 Å². The fourth-order valence-corrected chi connectivity index (χ4v) is 3.51. The molecule has 2 nitrogen and oxygen atoms in total. The van der Waals surface area contributed by atoms with Crippen LogP contribution >= 0.6 is 0 Å². The summed E-state index contributed by atoms with van der Waals surface area (Å²) in [6.45, 7) is 0.771. The van der Waals surface area contributed by atoms with Gasteiger partial charge in [0.05, 0.1) is 6.04 Å². The van der Waals surface area contributed by atoms with Gasteiger partial charge < -0.3 is 4.98 Å². The van der Waals surface area contributed by atoms with Crippen molar-refractivity contribution in [3.05, 3.63) is 70.9 Å². The SMILES string of the molecule is CN1CCc2c([nH]c3cccc(F)c23)C1c1ccccc1F. The zero-order valence-electron chi connectivity index (χ0n) is 12.2. The number of nitrogens with zero attached hydrogens (tertiary/aromatic N) is 1. The number of aromatic nitrogens is 1. The van der Waals surface area contributed by atoms with Gasteiger partial charge in [0, 0.05) is 28.7 Å². The number of hydrogen-bond acceptors (Lipinski definition) is 1. The summed E-state index contributed by atoms with van der Waals surface area (Å²) in [6, 6.07) is 11.6. The van der Waals surface area contributed by atoms with Gasteiger partial charge in [-0.3, -0.25) is 4.90 Å². The maximum absolute atomic E-state index is 14.3. The minimum absolute atomic E-state index is 0.211. The highest BCUT2D eigenvalue weighted by molar-refractivity contribution is 5.86. The Hall–Kier alpha value is -2.20. The van der Waals surface area contributed by atoms with Crippen LogP contribution in [-0.4, -0.2) is 23.5 Å². The molecule has 0 saturated carbocycles. The summed E-state index contributed by atoms with van der Waals surface area (Å²) in [4.78, 5) is 5.42. The summed E-state index contributed by atoms with van der Waals surface area (Å²) >= 11 is 0. The van der Waals surface area contributed by atoms with E-state index in [1.54, 1.807) is 18.2 Å². The molecule has 0 radical (unpaired) electrons. The second-order valence-corrected chi connectivity index (χ2v) is 5.83. The number of hydrogen-bond donors (Lipinski definition) is 1. The molecule has 22 heavy (non-hydrogen) atoms. The Kier molecular flexibility index (Phi) is 3.01. The zero-order valence-corrected chi connectivity index (χ0v) is 12.2. The zero-order chi connectivity index (χ0) is 15.3. The van der Waals surface area contributed by atoms with Crippen LogP contribution in [0.4, 0.5) is 8.78 Å². The van der Waals surface area contributed by atoms with E-state index in [-0.39, 0.29) is 17.7 Å². The quantitative estimate of drug-likeness (QED) is 0.719. The molecule has 1 unspecified atom stereocenters. The topological polar surface area (TPSA) is 19.0 Å². The Balaban J connectivity index is 1.98. The van der Waals surface area contributed by atoms with E-state index in [9.17, 15) is 8.78 Å². The third-order valence-electron chi connectivity index (χ3n) is 4.54. The first-order chi connectivity index (χ1) is 10.7. The van der Waals surface area contributed by atoms with Crippen molar-refractivity contribution in [1.82, 2.24) is 9.88 Å². The number of fused-ring (bicyclic) bond motifs is 3. The summed E-state index contributed by atoms with van der Waals surface area (Å²) in [5.41, 5.74) is 3.28. The molecular formula is C18H16F2N2. The van der Waals surface area contributed by atoms with E-state index in [0.29, 0.717) is 10.9 Å². The van der Waals surface area contributed by atoms with Gasteiger partial charge in [-0.25, -0.2) is 8.78 Å². The summed E-state index contributed by atoms with van der Waals surface area (Å²) in [5, 5.41) is 0.645. The molecule has 4 heteroatoms. The van der Waals surface area contributed by atoms with Crippen molar-refractivity contribution in [1.29, 1.82) is 0 Å². The fourth-order valence-electron chi connectivity index (χ4n) is 3.51. The predicted octanol–water partition coefficient (Wildman–Crippen LogP) is 4.02. The molecule has 2 aromatic carbocycles. The molecule has 0 saturated heterocycles. The number of nitrogens with one attached hydrogen (secondary N) is 1. The Bertz CT molecular complexity index is 853. The van der Waals surface area contributed by atoms with Crippen LogP contribution in [0.3, 0.4) is 0 Å². The Morgan fingerprint density at radius 3 is 2.64 bits per heavy atom. The number of likely N-dealkylation sites (N-methyl/N-ethyl adjacent to an activating group) is 1. The van der Waals surface area contributed by atoms with Crippen molar-refractivity contribution in [3.8, 4) is 0 Å². The van der Waals surface area contributed by atoms with E-state index < -0.39 is 0 Å². The van der Waals surface area contributed by atoms with Crippen molar-refractivity contribution >= 4 is 10.9 Å². The van der Waals surface area contributed by atoms with E-state index in [0.717, 1.165) is 29.7 Å². The number of aromatic amines is 1. The van der Waals surface area contributed by atoms with Gasteiger partial charge in [0.15, 0.2) is 0 Å². The van der Waals surface area contributed by atoms with Crippen LogP contribution in [0.1, 0.15) is 22.9 Å². The lowest BCUT2D eigenvalue weighted by Gasteiger charge is -2.33. The molecule has 0 spiro atoms. The molecule has 1 aliphatic rings. The Morgan fingerprint density at radius 1 is 1.05 bits per heavy atom. The third-order valence-corrected chi connectivity index (χ3v) is 4.54. The van der Waals surface area contributed by atoms with E-state index in [1.807, 2.05) is 19.2 Å². The first-order valence-electron chi connectivity index (χ1n) is 7.40. The maximum Gasteiger partial charge on any atom is 0.132 e. The second kappa shape index (κ2) is 4.92. The van der Waals surface area contributed by atoms with Crippen molar-refractivity contribution < 1.29 is 8.78 Å². The molecule has 1 aromatic heterocycles. The molecule has 1 N–H and O–H groups in total. The molecule has 112 valence electrons. The average Bonchev–Trinajstić information content (AvgIpc) is 2.88. The monoisotopic (exact) mass is 298 g/mol. The molecule has 1 aliphatic heterocycles. The van der Waals surface area contributed by atoms with E-state index in [1.165, 1.54) is 12.1 Å². The molecule has 0 bridgehead atoms. The van der Waals surface area contributed by atoms with Crippen LogP contribution < -0.4 is 0 Å². The van der Waals surface area contributed by atoms with Gasteiger partial charge in [-0.05, 0) is 37.2 Å². The fraction of sp³-hybridized carbons (Fsp3) is 0.222. The summed E-state index contributed by atoms with van der Waals surface area (Å²) < 4.78 is 28.5. The van der Waals surface area contributed by atoms with Gasteiger partial charge in [0.25, 0.3) is 0 Å². The predicted molar refractivity (Wildman–Crippen MR) is 82.8 cm³/mol. The van der Waals surface area contributed by atoms with Crippen LogP contribution in [0.5, 0.6) is 0 Å². The maximum atomic E-state index is 14.3. The smallest absolute Gasteiger partial charge is 0.132 e. The lowest BCUT2D eigenvalue weighted by Crippen LogP contribution is -2.33. The van der Waals surface area contributed by atoms with Gasteiger partial charge >= 0.3 is 0 Å². The van der Waals surface area contributed by atoms with E-state index >= 15 is 0 Å². The molecule has 0 aliphatic carbocycles. The first-order valence-corrected chi connectivity index (χ1v) is 7.40. The van der Waals surface area contributed by atoms with Crippen LogP contribution in [0, 0.1) is 11.6 Å². The standard InChI is InChI=1S/C18H16F2N2/c1-22-10-9-12-16-14(20)7-4-8-15(16)21-17(12)18(22)11-5-2-3-6-13(11)19/h2-8,18,21H,9-10H2,1H3. The van der Waals surface area contributed by atoms with Crippen LogP contribution in [-0.2, 0) is 6.42 Å². The van der Waals surface area contributed by atoms with Crippen LogP contribution in [0.25, 0.3) is 10.9 Å². The van der Waals surface area contributed by atoms with Crippen molar-refractivity contribution in [2.45, 2.75) is 12.5 Å². The number of rotatable bonds is 1. The summed E-state index contributed by atoms with van der Waals surface area (Å²) in [7, 11) is 1.97. The lowest BCUT2D eigenvalue weighted by molar-refractivity contribution is 0.256. The molecule has 0 fully saturated rings. The molecular weight excluding hydrogens is 282 g/mol. The Labute approximate surface area is 127 Å². The largest absolute Gasteiger partial charge is 0.356 e. The Morgan fingerprint density at radius 2 is 1.82 bits per heavy atom. The highest BCUT2D eigenvalue weighted by Crippen LogP contribution is 2.38. The van der Waals surface area contributed by atoms with Gasteiger partial charge in [-0.2, -0.15) is 0 Å². The molecule has 4 rings (SSSR count). The van der Waals surface area contributed by atoms with E-state index in [2.05, 4.69) is 9.88 Å². The van der Waals surface area contributed by atoms with Crippen molar-refractivity contribution in [2.75, 3.05) is 13.6 Å². The van der Waals surface area contributed by atoms with Gasteiger partial charge in [0.2, 0.25) is 0 Å². The van der Waals surface area contributed by atoms with Crippen molar-refractivity contribution in [2.24, 2.45) is 0 Å². The highest BCUT2D eigenvalue weighted by atomic mass is 19.1. The molecule has 0 amide bonds. The summed E-state index contributed by atoms with van der Waals surface area (Å²) in [5.74, 6) is -0.446. The highest BCUT2D eigenvalue weighted by Gasteiger charge is 2.31. The lowest BCUT2D eigenvalue weighted by atomic mass is 9.92. The van der Waals surface area contributed by atoms with Gasteiger partial charge in [-0.15, -0.1) is 0 Å². The van der Waals surface area contributed by atoms with Crippen molar-refractivity contribution in [3.63, 3.8) is 0 Å². The first kappa shape index (κ1) is 13.5. The number of H-pyrrole nitrogens is 1. The normalized spacial score (nSPS) is 18.6.